The zero-order valence-electron chi connectivity index (χ0n) is 21.7. The molecule has 200 valence electrons. The maximum absolute atomic E-state index is 6.64. The summed E-state index contributed by atoms with van der Waals surface area (Å²) in [5, 5.41) is 22.7. The summed E-state index contributed by atoms with van der Waals surface area (Å²) in [5.41, 5.74) is 11.4. The van der Waals surface area contributed by atoms with Crippen LogP contribution in [0, 0.1) is 6.92 Å². The molecule has 5 heterocycles. The standard InChI is InChI=1S/C27H27Cl2N9O/c1-15-17(12-37(3)36-15)9-27(30)13-38(14-27)24-7-6-23(33-34-24)26-19-8-18(4-5-22(19)32-35-26)39-16(2)25-20(28)10-31-11-21(25)29/h4-8,10-12,16H,9,13-14,30H2,1-3H3,(H,32,35)/t16-/m1/s1. The monoisotopic (exact) mass is 563 g/mol. The lowest BCUT2D eigenvalue weighted by Crippen LogP contribution is -2.69. The van der Waals surface area contributed by atoms with Crippen molar-refractivity contribution in [3.8, 4) is 17.1 Å². The molecule has 3 N–H and O–H groups in total. The maximum atomic E-state index is 6.64. The molecule has 1 aromatic carbocycles. The molecule has 0 radical (unpaired) electrons. The summed E-state index contributed by atoms with van der Waals surface area (Å²) in [4.78, 5) is 6.14. The topological polar surface area (TPSA) is 124 Å². The molecule has 1 atom stereocenters. The molecule has 4 aromatic heterocycles. The Morgan fingerprint density at radius 3 is 2.56 bits per heavy atom. The molecule has 0 unspecified atom stereocenters. The van der Waals surface area contributed by atoms with Crippen molar-refractivity contribution >= 4 is 39.9 Å². The summed E-state index contributed by atoms with van der Waals surface area (Å²) in [6.45, 7) is 5.30. The molecule has 1 aliphatic rings. The Morgan fingerprint density at radius 1 is 1.13 bits per heavy atom. The van der Waals surface area contributed by atoms with E-state index < -0.39 is 0 Å². The fraction of sp³-hybridized carbons (Fsp3) is 0.296. The van der Waals surface area contributed by atoms with Gasteiger partial charge in [-0.25, -0.2) is 0 Å². The average Bonchev–Trinajstić information content (AvgIpc) is 3.44. The van der Waals surface area contributed by atoms with Crippen molar-refractivity contribution in [3.63, 3.8) is 0 Å². The zero-order chi connectivity index (χ0) is 27.3. The summed E-state index contributed by atoms with van der Waals surface area (Å²) in [6.07, 6.45) is 5.54. The van der Waals surface area contributed by atoms with Gasteiger partial charge in [0.2, 0.25) is 0 Å². The van der Waals surface area contributed by atoms with E-state index in [1.165, 1.54) is 5.56 Å². The van der Waals surface area contributed by atoms with Gasteiger partial charge < -0.3 is 15.4 Å². The second-order valence-corrected chi connectivity index (χ2v) is 11.0. The molecular weight excluding hydrogens is 537 g/mol. The molecule has 0 bridgehead atoms. The number of ether oxygens (including phenoxy) is 1. The number of aromatic nitrogens is 7. The van der Waals surface area contributed by atoms with Crippen LogP contribution >= 0.6 is 23.2 Å². The van der Waals surface area contributed by atoms with Gasteiger partial charge in [-0.2, -0.15) is 10.2 Å². The number of nitrogens with two attached hydrogens (primary N) is 1. The van der Waals surface area contributed by atoms with E-state index in [-0.39, 0.29) is 11.6 Å². The number of fused-ring (bicyclic) bond motifs is 1. The largest absolute Gasteiger partial charge is 0.486 e. The highest BCUT2D eigenvalue weighted by atomic mass is 35.5. The van der Waals surface area contributed by atoms with E-state index in [2.05, 4.69) is 35.4 Å². The number of pyridine rings is 1. The Kier molecular flexibility index (Phi) is 6.41. The van der Waals surface area contributed by atoms with Gasteiger partial charge in [0.1, 0.15) is 23.2 Å². The second-order valence-electron chi connectivity index (χ2n) is 10.1. The molecule has 6 rings (SSSR count). The van der Waals surface area contributed by atoms with Gasteiger partial charge in [0.05, 0.1) is 26.8 Å². The quantitative estimate of drug-likeness (QED) is 0.293. The minimum absolute atomic E-state index is 0.315. The van der Waals surface area contributed by atoms with Gasteiger partial charge in [-0.3, -0.25) is 14.8 Å². The maximum Gasteiger partial charge on any atom is 0.151 e. The van der Waals surface area contributed by atoms with Gasteiger partial charge in [-0.1, -0.05) is 23.2 Å². The van der Waals surface area contributed by atoms with E-state index in [4.69, 9.17) is 33.7 Å². The lowest BCUT2D eigenvalue weighted by atomic mass is 9.84. The highest BCUT2D eigenvalue weighted by molar-refractivity contribution is 6.35. The minimum atomic E-state index is -0.381. The van der Waals surface area contributed by atoms with Crippen LogP contribution in [0.15, 0.2) is 48.9 Å². The molecule has 5 aromatic rings. The van der Waals surface area contributed by atoms with Crippen LogP contribution in [-0.2, 0) is 13.5 Å². The molecule has 12 heteroatoms. The molecule has 0 aliphatic carbocycles. The number of halogens is 2. The first-order chi connectivity index (χ1) is 18.7. The molecule has 0 saturated carbocycles. The van der Waals surface area contributed by atoms with Crippen LogP contribution in [0.5, 0.6) is 5.75 Å². The van der Waals surface area contributed by atoms with Gasteiger partial charge in [0, 0.05) is 49.7 Å². The van der Waals surface area contributed by atoms with E-state index >= 15 is 0 Å². The zero-order valence-corrected chi connectivity index (χ0v) is 23.2. The fourth-order valence-corrected chi connectivity index (χ4v) is 5.82. The molecule has 1 saturated heterocycles. The summed E-state index contributed by atoms with van der Waals surface area (Å²) >= 11 is 12.6. The summed E-state index contributed by atoms with van der Waals surface area (Å²) < 4.78 is 8.00. The number of aromatic amines is 1. The first kappa shape index (κ1) is 25.5. The van der Waals surface area contributed by atoms with E-state index in [9.17, 15) is 0 Å². The van der Waals surface area contributed by atoms with E-state index in [0.29, 0.717) is 45.8 Å². The Balaban J connectivity index is 1.17. The molecule has 10 nitrogen and oxygen atoms in total. The highest BCUT2D eigenvalue weighted by Crippen LogP contribution is 2.35. The Hall–Kier alpha value is -3.73. The van der Waals surface area contributed by atoms with Crippen molar-refractivity contribution in [1.29, 1.82) is 0 Å². The lowest BCUT2D eigenvalue weighted by molar-refractivity contribution is 0.227. The lowest BCUT2D eigenvalue weighted by Gasteiger charge is -2.48. The van der Waals surface area contributed by atoms with Crippen molar-refractivity contribution in [2.75, 3.05) is 18.0 Å². The smallest absolute Gasteiger partial charge is 0.151 e. The van der Waals surface area contributed by atoms with Crippen LogP contribution in [0.1, 0.15) is 29.8 Å². The SMILES string of the molecule is Cc1nn(C)cc1CC1(N)CN(c2ccc(-c3n[nH]c4ccc(O[C@H](C)c5c(Cl)cncc5Cl)cc34)nn2)C1. The number of nitrogens with one attached hydrogen (secondary N) is 1. The predicted molar refractivity (Wildman–Crippen MR) is 151 cm³/mol. The number of aryl methyl sites for hydroxylation is 2. The van der Waals surface area contributed by atoms with Gasteiger partial charge in [-0.15, -0.1) is 10.2 Å². The molecule has 1 fully saturated rings. The third kappa shape index (κ3) is 4.91. The summed E-state index contributed by atoms with van der Waals surface area (Å²) in [7, 11) is 1.93. The molecule has 1 aliphatic heterocycles. The van der Waals surface area contributed by atoms with Crippen molar-refractivity contribution in [1.82, 2.24) is 35.2 Å². The highest BCUT2D eigenvalue weighted by Gasteiger charge is 2.41. The Morgan fingerprint density at radius 2 is 1.90 bits per heavy atom. The number of hydrogen-bond acceptors (Lipinski definition) is 8. The van der Waals surface area contributed by atoms with Crippen LogP contribution < -0.4 is 15.4 Å². The van der Waals surface area contributed by atoms with Crippen LogP contribution in [0.3, 0.4) is 0 Å². The van der Waals surface area contributed by atoms with Gasteiger partial charge >= 0.3 is 0 Å². The summed E-state index contributed by atoms with van der Waals surface area (Å²) in [6, 6.07) is 9.58. The third-order valence-corrected chi connectivity index (χ3v) is 7.63. The molecule has 39 heavy (non-hydrogen) atoms. The number of benzene rings is 1. The average molecular weight is 564 g/mol. The number of hydrogen-bond donors (Lipinski definition) is 2. The molecule has 0 spiro atoms. The number of nitrogens with zero attached hydrogens (tertiary/aromatic N) is 7. The number of rotatable bonds is 7. The third-order valence-electron chi connectivity index (χ3n) is 7.03. The predicted octanol–water partition coefficient (Wildman–Crippen LogP) is 4.66. The van der Waals surface area contributed by atoms with E-state index in [1.807, 2.05) is 62.1 Å². The minimum Gasteiger partial charge on any atom is -0.486 e. The number of H-pyrrole nitrogens is 1. The number of anilines is 1. The Labute approximate surface area is 235 Å². The first-order valence-electron chi connectivity index (χ1n) is 12.5. The Bertz CT molecular complexity index is 1640. The van der Waals surface area contributed by atoms with E-state index in [0.717, 1.165) is 28.8 Å². The van der Waals surface area contributed by atoms with Crippen molar-refractivity contribution in [2.45, 2.75) is 31.9 Å². The van der Waals surface area contributed by atoms with Gasteiger partial charge in [-0.05, 0) is 56.2 Å². The van der Waals surface area contributed by atoms with Crippen LogP contribution in [0.2, 0.25) is 10.0 Å². The fourth-order valence-electron chi connectivity index (χ4n) is 5.14. The van der Waals surface area contributed by atoms with Gasteiger partial charge in [0.25, 0.3) is 0 Å². The van der Waals surface area contributed by atoms with Crippen LogP contribution in [-0.4, -0.2) is 53.8 Å². The van der Waals surface area contributed by atoms with Crippen molar-refractivity contribution in [2.24, 2.45) is 12.8 Å². The normalized spacial score (nSPS) is 15.4. The van der Waals surface area contributed by atoms with Crippen LogP contribution in [0.4, 0.5) is 5.82 Å². The van der Waals surface area contributed by atoms with Gasteiger partial charge in [0.15, 0.2) is 5.82 Å². The van der Waals surface area contributed by atoms with Crippen molar-refractivity contribution < 1.29 is 4.74 Å². The second kappa shape index (κ2) is 9.78. The summed E-state index contributed by atoms with van der Waals surface area (Å²) in [5.74, 6) is 1.43. The van der Waals surface area contributed by atoms with Crippen LogP contribution in [0.25, 0.3) is 22.3 Å². The van der Waals surface area contributed by atoms with Crippen molar-refractivity contribution in [3.05, 3.63) is 75.8 Å². The molecular formula is C27H27Cl2N9O. The van der Waals surface area contributed by atoms with E-state index in [1.54, 1.807) is 12.4 Å². The first-order valence-corrected chi connectivity index (χ1v) is 13.3. The molecule has 0 amide bonds.